The Balaban J connectivity index is 2.73. The van der Waals surface area contributed by atoms with Gasteiger partial charge in [0.05, 0.1) is 11.0 Å². The number of rotatable bonds is 4. The van der Waals surface area contributed by atoms with E-state index >= 15 is 0 Å². The summed E-state index contributed by atoms with van der Waals surface area (Å²) in [4.78, 5) is 23.6. The zero-order valence-corrected chi connectivity index (χ0v) is 11.8. The Labute approximate surface area is 113 Å². The topological polar surface area (TPSA) is 84.2 Å². The van der Waals surface area contributed by atoms with Crippen molar-refractivity contribution >= 4 is 17.5 Å². The second-order valence-electron chi connectivity index (χ2n) is 5.24. The van der Waals surface area contributed by atoms with Gasteiger partial charge in [-0.05, 0) is 38.5 Å². The van der Waals surface area contributed by atoms with Crippen molar-refractivity contribution in [2.45, 2.75) is 20.8 Å². The van der Waals surface area contributed by atoms with Crippen LogP contribution in [0.25, 0.3) is 0 Å². The van der Waals surface area contributed by atoms with Crippen LogP contribution in [0.1, 0.15) is 29.8 Å². The maximum atomic E-state index is 12.0. The minimum absolute atomic E-state index is 0.121. The number of hydrogen-bond donors (Lipinski definition) is 3. The summed E-state index contributed by atoms with van der Waals surface area (Å²) in [5.41, 5.74) is 7.01. The van der Waals surface area contributed by atoms with Crippen LogP contribution in [0.5, 0.6) is 0 Å². The summed E-state index contributed by atoms with van der Waals surface area (Å²) >= 11 is 0. The molecule has 0 fully saturated rings. The second-order valence-corrected chi connectivity index (χ2v) is 5.24. The van der Waals surface area contributed by atoms with Gasteiger partial charge in [-0.25, -0.2) is 0 Å². The number of nitrogen functional groups attached to an aromatic ring is 1. The fourth-order valence-electron chi connectivity index (χ4n) is 1.70. The fourth-order valence-corrected chi connectivity index (χ4v) is 1.70. The minimum atomic E-state index is -0.663. The van der Waals surface area contributed by atoms with Crippen LogP contribution in [-0.2, 0) is 4.79 Å². The SMILES string of the molecule is CNC(=O)C(C)(C)CNC(=O)c1ccc(C)cc1N. The lowest BCUT2D eigenvalue weighted by Gasteiger charge is -2.23. The molecular weight excluding hydrogens is 242 g/mol. The van der Waals surface area contributed by atoms with Gasteiger partial charge in [0.1, 0.15) is 0 Å². The molecule has 1 rings (SSSR count). The summed E-state index contributed by atoms with van der Waals surface area (Å²) in [5, 5.41) is 5.31. The highest BCUT2D eigenvalue weighted by Crippen LogP contribution is 2.16. The summed E-state index contributed by atoms with van der Waals surface area (Å²) in [6.45, 7) is 5.70. The third kappa shape index (κ3) is 3.71. The van der Waals surface area contributed by atoms with Crippen LogP contribution in [0.2, 0.25) is 0 Å². The monoisotopic (exact) mass is 263 g/mol. The van der Waals surface area contributed by atoms with Crippen molar-refractivity contribution in [3.63, 3.8) is 0 Å². The lowest BCUT2D eigenvalue weighted by molar-refractivity contribution is -0.128. The van der Waals surface area contributed by atoms with Crippen molar-refractivity contribution in [1.29, 1.82) is 0 Å². The third-order valence-electron chi connectivity index (χ3n) is 2.98. The molecule has 0 saturated carbocycles. The van der Waals surface area contributed by atoms with Gasteiger partial charge >= 0.3 is 0 Å². The van der Waals surface area contributed by atoms with Crippen LogP contribution >= 0.6 is 0 Å². The van der Waals surface area contributed by atoms with Gasteiger partial charge in [-0.1, -0.05) is 6.07 Å². The molecule has 1 aromatic rings. The van der Waals surface area contributed by atoms with E-state index in [1.165, 1.54) is 0 Å². The van der Waals surface area contributed by atoms with Crippen LogP contribution in [0.3, 0.4) is 0 Å². The molecule has 0 aliphatic carbocycles. The van der Waals surface area contributed by atoms with Gasteiger partial charge in [0.2, 0.25) is 5.91 Å². The molecule has 5 nitrogen and oxygen atoms in total. The number of nitrogens with one attached hydrogen (secondary N) is 2. The molecule has 0 saturated heterocycles. The van der Waals surface area contributed by atoms with Crippen molar-refractivity contribution in [3.05, 3.63) is 29.3 Å². The van der Waals surface area contributed by atoms with E-state index in [0.717, 1.165) is 5.56 Å². The van der Waals surface area contributed by atoms with Gasteiger partial charge < -0.3 is 16.4 Å². The van der Waals surface area contributed by atoms with Gasteiger partial charge in [0.15, 0.2) is 0 Å². The van der Waals surface area contributed by atoms with Crippen molar-refractivity contribution in [3.8, 4) is 0 Å². The number of aryl methyl sites for hydroxylation is 1. The van der Waals surface area contributed by atoms with Crippen LogP contribution < -0.4 is 16.4 Å². The highest BCUT2D eigenvalue weighted by molar-refractivity contribution is 5.99. The fraction of sp³-hybridized carbons (Fsp3) is 0.429. The van der Waals surface area contributed by atoms with Gasteiger partial charge in [0.25, 0.3) is 5.91 Å². The van der Waals surface area contributed by atoms with Gasteiger partial charge in [-0.2, -0.15) is 0 Å². The Bertz CT molecular complexity index is 495. The van der Waals surface area contributed by atoms with E-state index in [1.807, 2.05) is 13.0 Å². The number of nitrogens with two attached hydrogens (primary N) is 1. The smallest absolute Gasteiger partial charge is 0.253 e. The van der Waals surface area contributed by atoms with Crippen molar-refractivity contribution in [1.82, 2.24) is 10.6 Å². The first-order chi connectivity index (χ1) is 8.77. The predicted octanol–water partition coefficient (Wildman–Crippen LogP) is 1.08. The number of amides is 2. The number of benzene rings is 1. The standard InChI is InChI=1S/C14H21N3O2/c1-9-5-6-10(11(15)7-9)12(18)17-8-14(2,3)13(19)16-4/h5-7H,8,15H2,1-4H3,(H,16,19)(H,17,18). The average Bonchev–Trinajstić information content (AvgIpc) is 2.35. The zero-order chi connectivity index (χ0) is 14.6. The summed E-state index contributed by atoms with van der Waals surface area (Å²) in [5.74, 6) is -0.390. The molecule has 4 N–H and O–H groups in total. The molecule has 0 bridgehead atoms. The molecule has 104 valence electrons. The molecule has 0 atom stereocenters. The van der Waals surface area contributed by atoms with E-state index in [-0.39, 0.29) is 18.4 Å². The molecule has 0 spiro atoms. The van der Waals surface area contributed by atoms with Gasteiger partial charge in [0, 0.05) is 19.3 Å². The normalized spacial score (nSPS) is 10.9. The van der Waals surface area contributed by atoms with Crippen molar-refractivity contribution in [2.75, 3.05) is 19.3 Å². The van der Waals surface area contributed by atoms with E-state index in [4.69, 9.17) is 5.73 Å². The minimum Gasteiger partial charge on any atom is -0.398 e. The van der Waals surface area contributed by atoms with E-state index in [1.54, 1.807) is 33.0 Å². The van der Waals surface area contributed by atoms with Crippen LogP contribution in [0.15, 0.2) is 18.2 Å². The maximum absolute atomic E-state index is 12.0. The highest BCUT2D eigenvalue weighted by Gasteiger charge is 2.27. The number of carbonyl (C=O) groups is 2. The Morgan fingerprint density at radius 1 is 1.32 bits per heavy atom. The summed E-state index contributed by atoms with van der Waals surface area (Å²) in [6.07, 6.45) is 0. The third-order valence-corrected chi connectivity index (χ3v) is 2.98. The molecule has 2 amide bonds. The van der Waals surface area contributed by atoms with Crippen LogP contribution in [0, 0.1) is 12.3 Å². The quantitative estimate of drug-likeness (QED) is 0.711. The highest BCUT2D eigenvalue weighted by atomic mass is 16.2. The number of hydrogen-bond acceptors (Lipinski definition) is 3. The molecule has 0 unspecified atom stereocenters. The number of carbonyl (C=O) groups excluding carboxylic acids is 2. The molecule has 0 aliphatic rings. The molecule has 0 radical (unpaired) electrons. The Kier molecular flexibility index (Phi) is 4.53. The van der Waals surface area contributed by atoms with E-state index in [9.17, 15) is 9.59 Å². The first-order valence-corrected chi connectivity index (χ1v) is 6.14. The average molecular weight is 263 g/mol. The lowest BCUT2D eigenvalue weighted by atomic mass is 9.92. The summed E-state index contributed by atoms with van der Waals surface area (Å²) in [6, 6.07) is 5.26. The molecule has 5 heteroatoms. The Morgan fingerprint density at radius 3 is 2.47 bits per heavy atom. The van der Waals surface area contributed by atoms with Gasteiger partial charge in [-0.15, -0.1) is 0 Å². The number of anilines is 1. The van der Waals surface area contributed by atoms with Crippen molar-refractivity contribution < 1.29 is 9.59 Å². The first-order valence-electron chi connectivity index (χ1n) is 6.14. The van der Waals surface area contributed by atoms with Crippen LogP contribution in [0.4, 0.5) is 5.69 Å². The molecular formula is C14H21N3O2. The summed E-state index contributed by atoms with van der Waals surface area (Å²) < 4.78 is 0. The van der Waals surface area contributed by atoms with Crippen molar-refractivity contribution in [2.24, 2.45) is 5.41 Å². The molecule has 0 aromatic heterocycles. The predicted molar refractivity (Wildman–Crippen MR) is 75.8 cm³/mol. The molecule has 0 aliphatic heterocycles. The van der Waals surface area contributed by atoms with E-state index in [0.29, 0.717) is 11.3 Å². The zero-order valence-electron chi connectivity index (χ0n) is 11.8. The largest absolute Gasteiger partial charge is 0.398 e. The van der Waals surface area contributed by atoms with Crippen LogP contribution in [-0.4, -0.2) is 25.4 Å². The molecule has 1 aromatic carbocycles. The Hall–Kier alpha value is -2.04. The lowest BCUT2D eigenvalue weighted by Crippen LogP contribution is -2.43. The maximum Gasteiger partial charge on any atom is 0.253 e. The molecule has 19 heavy (non-hydrogen) atoms. The first kappa shape index (κ1) is 15.0. The van der Waals surface area contributed by atoms with E-state index < -0.39 is 5.41 Å². The van der Waals surface area contributed by atoms with E-state index in [2.05, 4.69) is 10.6 Å². The van der Waals surface area contributed by atoms with Gasteiger partial charge in [-0.3, -0.25) is 9.59 Å². The second kappa shape index (κ2) is 5.73. The Morgan fingerprint density at radius 2 is 1.95 bits per heavy atom. The molecule has 0 heterocycles. The summed E-state index contributed by atoms with van der Waals surface area (Å²) in [7, 11) is 1.57.